The van der Waals surface area contributed by atoms with Crippen LogP contribution < -0.4 is 0 Å². The maximum atomic E-state index is 13.1. The van der Waals surface area contributed by atoms with Crippen molar-refractivity contribution in [2.24, 2.45) is 11.8 Å². The molecule has 1 aromatic carbocycles. The number of hydrogen-bond donors (Lipinski definition) is 0. The van der Waals surface area contributed by atoms with Crippen LogP contribution in [0.5, 0.6) is 0 Å². The minimum atomic E-state index is -0.126. The summed E-state index contributed by atoms with van der Waals surface area (Å²) in [5.74, 6) is 0.777. The molecule has 0 unspecified atom stereocenters. The Morgan fingerprint density at radius 3 is 2.57 bits per heavy atom. The minimum Gasteiger partial charge on any atom is -0.339 e. The van der Waals surface area contributed by atoms with Gasteiger partial charge in [-0.05, 0) is 36.6 Å². The summed E-state index contributed by atoms with van der Waals surface area (Å²) in [5.41, 5.74) is 1.81. The predicted octanol–water partition coefficient (Wildman–Crippen LogP) is 2.28. The van der Waals surface area contributed by atoms with Crippen LogP contribution in [0.15, 0.2) is 54.9 Å². The Balaban J connectivity index is 1.30. The highest BCUT2D eigenvalue weighted by Gasteiger charge is 2.60. The second kappa shape index (κ2) is 7.51. The van der Waals surface area contributed by atoms with Crippen LogP contribution in [-0.2, 0) is 11.3 Å². The van der Waals surface area contributed by atoms with E-state index in [1.807, 2.05) is 59.4 Å². The number of carbonyl (C=O) groups is 2. The molecule has 3 aliphatic heterocycles. The lowest BCUT2D eigenvalue weighted by atomic mass is 9.75. The first-order valence-corrected chi connectivity index (χ1v) is 10.8. The van der Waals surface area contributed by atoms with Gasteiger partial charge in [0, 0.05) is 63.6 Å². The Kier molecular flexibility index (Phi) is 4.82. The molecule has 5 rings (SSSR count). The number of aromatic nitrogens is 1. The van der Waals surface area contributed by atoms with Crippen LogP contribution in [-0.4, -0.2) is 70.3 Å². The van der Waals surface area contributed by atoms with E-state index < -0.39 is 0 Å². The molecule has 3 saturated heterocycles. The summed E-state index contributed by atoms with van der Waals surface area (Å²) in [7, 11) is 1.97. The molecule has 1 spiro atoms. The van der Waals surface area contributed by atoms with Gasteiger partial charge >= 0.3 is 0 Å². The number of carbonyl (C=O) groups excluding carboxylic acids is 2. The van der Waals surface area contributed by atoms with Gasteiger partial charge in [0.05, 0.1) is 11.5 Å². The van der Waals surface area contributed by atoms with E-state index in [2.05, 4.69) is 16.0 Å². The van der Waals surface area contributed by atoms with Crippen molar-refractivity contribution in [2.75, 3.05) is 33.2 Å². The molecular weight excluding hydrogens is 376 g/mol. The van der Waals surface area contributed by atoms with E-state index in [1.54, 1.807) is 6.20 Å². The topological polar surface area (TPSA) is 56.8 Å². The fourth-order valence-corrected chi connectivity index (χ4v) is 5.84. The standard InChI is InChI=1S/C24H28N4O2/c1-26-23(30)20-16-27(15-18-6-5-11-25-14-18)17-21(20)24(26)9-12-28(13-10-24)22(29)19-7-3-2-4-8-19/h2-8,11,14,20-21H,9-10,12-13,15-17H2,1H3/t20-,21+/m1/s1. The van der Waals surface area contributed by atoms with E-state index in [9.17, 15) is 9.59 Å². The molecule has 3 fully saturated rings. The maximum absolute atomic E-state index is 13.1. The van der Waals surface area contributed by atoms with Crippen LogP contribution in [0, 0.1) is 11.8 Å². The molecule has 156 valence electrons. The first-order chi connectivity index (χ1) is 14.6. The molecule has 0 radical (unpaired) electrons. The number of rotatable bonds is 3. The summed E-state index contributed by atoms with van der Waals surface area (Å²) in [6.07, 6.45) is 5.41. The largest absolute Gasteiger partial charge is 0.339 e. The predicted molar refractivity (Wildman–Crippen MR) is 114 cm³/mol. The van der Waals surface area contributed by atoms with E-state index in [4.69, 9.17) is 0 Å². The van der Waals surface area contributed by atoms with Gasteiger partial charge in [-0.15, -0.1) is 0 Å². The van der Waals surface area contributed by atoms with Crippen molar-refractivity contribution in [3.8, 4) is 0 Å². The van der Waals surface area contributed by atoms with Gasteiger partial charge in [0.25, 0.3) is 5.91 Å². The van der Waals surface area contributed by atoms with Gasteiger partial charge in [-0.2, -0.15) is 0 Å². The van der Waals surface area contributed by atoms with E-state index in [-0.39, 0.29) is 23.3 Å². The van der Waals surface area contributed by atoms with E-state index in [0.29, 0.717) is 19.0 Å². The summed E-state index contributed by atoms with van der Waals surface area (Å²) in [6.45, 7) is 4.00. The van der Waals surface area contributed by atoms with Crippen molar-refractivity contribution < 1.29 is 9.59 Å². The van der Waals surface area contributed by atoms with Gasteiger partial charge < -0.3 is 9.80 Å². The lowest BCUT2D eigenvalue weighted by Crippen LogP contribution is -2.56. The zero-order chi connectivity index (χ0) is 20.7. The smallest absolute Gasteiger partial charge is 0.253 e. The molecule has 0 saturated carbocycles. The molecule has 3 aliphatic rings. The fraction of sp³-hybridized carbons (Fsp3) is 0.458. The number of nitrogens with zero attached hydrogens (tertiary/aromatic N) is 4. The van der Waals surface area contributed by atoms with Crippen LogP contribution in [0.4, 0.5) is 0 Å². The second-order valence-corrected chi connectivity index (χ2v) is 8.93. The third-order valence-corrected chi connectivity index (χ3v) is 7.47. The van der Waals surface area contributed by atoms with E-state index >= 15 is 0 Å². The quantitative estimate of drug-likeness (QED) is 0.788. The third kappa shape index (κ3) is 3.10. The summed E-state index contributed by atoms with van der Waals surface area (Å²) in [4.78, 5) is 36.6. The molecule has 2 aromatic rings. The molecular formula is C24H28N4O2. The monoisotopic (exact) mass is 404 g/mol. The van der Waals surface area contributed by atoms with Crippen LogP contribution in [0.2, 0.25) is 0 Å². The Bertz CT molecular complexity index is 925. The van der Waals surface area contributed by atoms with Crippen LogP contribution in [0.1, 0.15) is 28.8 Å². The third-order valence-electron chi connectivity index (χ3n) is 7.47. The lowest BCUT2D eigenvalue weighted by Gasteiger charge is -2.46. The zero-order valence-corrected chi connectivity index (χ0v) is 17.4. The van der Waals surface area contributed by atoms with E-state index in [0.717, 1.165) is 38.0 Å². The molecule has 1 aromatic heterocycles. The number of likely N-dealkylation sites (tertiary alicyclic amines) is 3. The maximum Gasteiger partial charge on any atom is 0.253 e. The molecule has 0 aliphatic carbocycles. The number of fused-ring (bicyclic) bond motifs is 2. The van der Waals surface area contributed by atoms with Crippen molar-refractivity contribution in [3.63, 3.8) is 0 Å². The van der Waals surface area contributed by atoms with Crippen molar-refractivity contribution in [1.29, 1.82) is 0 Å². The first kappa shape index (κ1) is 19.2. The molecule has 0 bridgehead atoms. The van der Waals surface area contributed by atoms with Crippen LogP contribution in [0.3, 0.4) is 0 Å². The Morgan fingerprint density at radius 2 is 1.87 bits per heavy atom. The average molecular weight is 405 g/mol. The average Bonchev–Trinajstić information content (AvgIpc) is 3.29. The van der Waals surface area contributed by atoms with Gasteiger partial charge in [0.15, 0.2) is 0 Å². The van der Waals surface area contributed by atoms with Gasteiger partial charge in [0.2, 0.25) is 5.91 Å². The summed E-state index contributed by atoms with van der Waals surface area (Å²) in [6, 6.07) is 13.6. The van der Waals surface area contributed by atoms with Crippen molar-refractivity contribution >= 4 is 11.8 Å². The number of hydrogen-bond acceptors (Lipinski definition) is 4. The Hall–Kier alpha value is -2.73. The molecule has 4 heterocycles. The molecule has 2 atom stereocenters. The van der Waals surface area contributed by atoms with Crippen molar-refractivity contribution in [1.82, 2.24) is 19.7 Å². The van der Waals surface area contributed by atoms with Crippen molar-refractivity contribution in [2.45, 2.75) is 24.9 Å². The lowest BCUT2D eigenvalue weighted by molar-refractivity contribution is -0.133. The fourth-order valence-electron chi connectivity index (χ4n) is 5.84. The molecule has 6 heteroatoms. The highest BCUT2D eigenvalue weighted by molar-refractivity contribution is 5.94. The van der Waals surface area contributed by atoms with Crippen LogP contribution >= 0.6 is 0 Å². The number of piperidine rings is 1. The molecule has 0 N–H and O–H groups in total. The summed E-state index contributed by atoms with van der Waals surface area (Å²) >= 11 is 0. The summed E-state index contributed by atoms with van der Waals surface area (Å²) in [5, 5.41) is 0. The highest BCUT2D eigenvalue weighted by Crippen LogP contribution is 2.49. The summed E-state index contributed by atoms with van der Waals surface area (Å²) < 4.78 is 0. The van der Waals surface area contributed by atoms with Gasteiger partial charge in [-0.25, -0.2) is 0 Å². The van der Waals surface area contributed by atoms with Gasteiger partial charge in [0.1, 0.15) is 0 Å². The highest BCUT2D eigenvalue weighted by atomic mass is 16.2. The van der Waals surface area contributed by atoms with Gasteiger partial charge in [-0.3, -0.25) is 19.5 Å². The number of amides is 2. The Labute approximate surface area is 177 Å². The molecule has 2 amide bonds. The Morgan fingerprint density at radius 1 is 1.10 bits per heavy atom. The van der Waals surface area contributed by atoms with Gasteiger partial charge in [-0.1, -0.05) is 24.3 Å². The molecule has 6 nitrogen and oxygen atoms in total. The SMILES string of the molecule is CN1C(=O)[C@@H]2CN(Cc3cccnc3)C[C@@H]2C12CCN(C(=O)c1ccccc1)CC2. The van der Waals surface area contributed by atoms with Crippen LogP contribution in [0.25, 0.3) is 0 Å². The minimum absolute atomic E-state index is 0.0723. The normalized spacial score (nSPS) is 25.7. The van der Waals surface area contributed by atoms with Crippen molar-refractivity contribution in [3.05, 3.63) is 66.0 Å². The first-order valence-electron chi connectivity index (χ1n) is 10.8. The second-order valence-electron chi connectivity index (χ2n) is 8.93. The van der Waals surface area contributed by atoms with E-state index in [1.165, 1.54) is 5.56 Å². The number of pyridine rings is 1. The molecule has 30 heavy (non-hydrogen) atoms. The zero-order valence-electron chi connectivity index (χ0n) is 17.4. The number of benzene rings is 1.